The average molecular weight is 319 g/mol. The quantitative estimate of drug-likeness (QED) is 0.295. The highest BCUT2D eigenvalue weighted by Crippen LogP contribution is 2.38. The fourth-order valence-electron chi connectivity index (χ4n) is 2.89. The van der Waals surface area contributed by atoms with Crippen LogP contribution in [0.1, 0.15) is 70.3 Å². The van der Waals surface area contributed by atoms with Gasteiger partial charge in [0.05, 0.1) is 13.0 Å². The topological polar surface area (TPSA) is 61.6 Å². The number of aryl methyl sites for hydroxylation is 1. The number of nitrogen functional groups attached to an aromatic ring is 1. The summed E-state index contributed by atoms with van der Waals surface area (Å²) >= 11 is 0. The number of hydrogen-bond acceptors (Lipinski definition) is 4. The molecule has 0 saturated heterocycles. The molecule has 1 heterocycles. The smallest absolute Gasteiger partial charge is 0.311 e. The van der Waals surface area contributed by atoms with E-state index in [-0.39, 0.29) is 5.97 Å². The molecule has 4 heteroatoms. The summed E-state index contributed by atoms with van der Waals surface area (Å²) in [6, 6.07) is 3.83. The van der Waals surface area contributed by atoms with Crippen molar-refractivity contribution in [1.29, 1.82) is 0 Å². The van der Waals surface area contributed by atoms with Crippen molar-refractivity contribution >= 4 is 11.7 Å². The lowest BCUT2D eigenvalue weighted by molar-refractivity contribution is -0.135. The third-order valence-corrected chi connectivity index (χ3v) is 4.31. The molecule has 0 aromatic heterocycles. The fourth-order valence-corrected chi connectivity index (χ4v) is 2.89. The van der Waals surface area contributed by atoms with Gasteiger partial charge in [-0.15, -0.1) is 0 Å². The second-order valence-electron chi connectivity index (χ2n) is 6.26. The van der Waals surface area contributed by atoms with Gasteiger partial charge in [0.1, 0.15) is 11.4 Å². The number of esters is 1. The first-order chi connectivity index (χ1) is 11.2. The van der Waals surface area contributed by atoms with Gasteiger partial charge in [-0.05, 0) is 24.5 Å². The molecule has 1 aliphatic rings. The monoisotopic (exact) mass is 319 g/mol. The number of fused-ring (bicyclic) bond motifs is 1. The summed E-state index contributed by atoms with van der Waals surface area (Å²) in [6.45, 7) is 2.90. The molecule has 0 fully saturated rings. The first-order valence-electron chi connectivity index (χ1n) is 8.97. The summed E-state index contributed by atoms with van der Waals surface area (Å²) in [4.78, 5) is 11.4. The zero-order chi connectivity index (χ0) is 16.5. The molecule has 0 unspecified atom stereocenters. The van der Waals surface area contributed by atoms with Crippen LogP contribution in [0, 0.1) is 0 Å². The number of nitrogens with two attached hydrogens (primary N) is 1. The van der Waals surface area contributed by atoms with E-state index >= 15 is 0 Å². The number of ether oxygens (including phenoxy) is 2. The molecule has 0 spiro atoms. The molecular weight excluding hydrogens is 290 g/mol. The van der Waals surface area contributed by atoms with Crippen LogP contribution in [0.5, 0.6) is 11.5 Å². The highest BCUT2D eigenvalue weighted by molar-refractivity contribution is 5.80. The molecular formula is C19H29NO3. The van der Waals surface area contributed by atoms with Gasteiger partial charge in [-0.25, -0.2) is 0 Å². The van der Waals surface area contributed by atoms with E-state index in [4.69, 9.17) is 15.2 Å². The molecule has 23 heavy (non-hydrogen) atoms. The van der Waals surface area contributed by atoms with Crippen molar-refractivity contribution in [2.75, 3.05) is 12.3 Å². The second kappa shape index (κ2) is 9.43. The van der Waals surface area contributed by atoms with E-state index in [9.17, 15) is 4.79 Å². The Balaban J connectivity index is 1.68. The van der Waals surface area contributed by atoms with Gasteiger partial charge >= 0.3 is 5.97 Å². The molecule has 0 bridgehead atoms. The van der Waals surface area contributed by atoms with Gasteiger partial charge in [0.2, 0.25) is 0 Å². The van der Waals surface area contributed by atoms with Crippen molar-refractivity contribution in [2.45, 2.75) is 71.1 Å². The van der Waals surface area contributed by atoms with E-state index in [1.165, 1.54) is 44.9 Å². The Hall–Kier alpha value is -1.71. The van der Waals surface area contributed by atoms with Crippen LogP contribution >= 0.6 is 0 Å². The number of anilines is 1. The molecule has 0 aliphatic carbocycles. The average Bonchev–Trinajstić information content (AvgIpc) is 2.55. The van der Waals surface area contributed by atoms with Crippen LogP contribution in [0.15, 0.2) is 12.1 Å². The molecule has 1 aromatic rings. The molecule has 1 aliphatic heterocycles. The molecule has 128 valence electrons. The summed E-state index contributed by atoms with van der Waals surface area (Å²) in [5, 5.41) is 0. The molecule has 0 radical (unpaired) electrons. The molecule has 0 amide bonds. The highest BCUT2D eigenvalue weighted by atomic mass is 16.5. The van der Waals surface area contributed by atoms with Gasteiger partial charge in [0.25, 0.3) is 0 Å². The Bertz CT molecular complexity index is 514. The van der Waals surface area contributed by atoms with Crippen molar-refractivity contribution in [3.8, 4) is 11.5 Å². The van der Waals surface area contributed by atoms with E-state index in [2.05, 4.69) is 6.92 Å². The second-order valence-corrected chi connectivity index (χ2v) is 6.26. The van der Waals surface area contributed by atoms with Crippen LogP contribution in [0.4, 0.5) is 5.69 Å². The zero-order valence-electron chi connectivity index (χ0n) is 14.2. The largest absolute Gasteiger partial charge is 0.491 e. The van der Waals surface area contributed by atoms with Crippen LogP contribution in [-0.4, -0.2) is 12.6 Å². The number of carbonyl (C=O) groups is 1. The molecule has 2 N–H and O–H groups in total. The summed E-state index contributed by atoms with van der Waals surface area (Å²) in [5.74, 6) is 0.903. The van der Waals surface area contributed by atoms with Gasteiger partial charge in [0.15, 0.2) is 5.75 Å². The summed E-state index contributed by atoms with van der Waals surface area (Å²) < 4.78 is 11.0. The normalized spacial score (nSPS) is 13.5. The van der Waals surface area contributed by atoms with Crippen molar-refractivity contribution in [3.05, 3.63) is 17.7 Å². The molecule has 0 atom stereocenters. The molecule has 4 nitrogen and oxygen atoms in total. The lowest BCUT2D eigenvalue weighted by Gasteiger charge is -2.19. The van der Waals surface area contributed by atoms with Crippen molar-refractivity contribution in [3.63, 3.8) is 0 Å². The SMILES string of the molecule is CCCCCCCCCCOc1ccc2c(c1N)OC(=O)CC2. The van der Waals surface area contributed by atoms with Crippen LogP contribution < -0.4 is 15.2 Å². The Morgan fingerprint density at radius 2 is 1.74 bits per heavy atom. The number of unbranched alkanes of at least 4 members (excludes halogenated alkanes) is 7. The predicted octanol–water partition coefficient (Wildman–Crippen LogP) is 4.64. The van der Waals surface area contributed by atoms with E-state index in [1.807, 2.05) is 12.1 Å². The van der Waals surface area contributed by atoms with E-state index < -0.39 is 0 Å². The number of rotatable bonds is 10. The van der Waals surface area contributed by atoms with Gasteiger partial charge in [-0.3, -0.25) is 4.79 Å². The van der Waals surface area contributed by atoms with Crippen LogP contribution in [0.3, 0.4) is 0 Å². The predicted molar refractivity (Wildman–Crippen MR) is 92.9 cm³/mol. The van der Waals surface area contributed by atoms with Crippen molar-refractivity contribution < 1.29 is 14.3 Å². The van der Waals surface area contributed by atoms with Crippen molar-refractivity contribution in [1.82, 2.24) is 0 Å². The van der Waals surface area contributed by atoms with Crippen LogP contribution in [0.2, 0.25) is 0 Å². The molecule has 2 rings (SSSR count). The van der Waals surface area contributed by atoms with E-state index in [0.29, 0.717) is 36.6 Å². The van der Waals surface area contributed by atoms with Gasteiger partial charge in [0, 0.05) is 0 Å². The lowest BCUT2D eigenvalue weighted by atomic mass is 10.0. The van der Waals surface area contributed by atoms with Crippen LogP contribution in [0.25, 0.3) is 0 Å². The minimum absolute atomic E-state index is 0.218. The summed E-state index contributed by atoms with van der Waals surface area (Å²) in [5.41, 5.74) is 7.51. The van der Waals surface area contributed by atoms with Gasteiger partial charge in [-0.1, -0.05) is 57.9 Å². The maximum atomic E-state index is 11.4. The lowest BCUT2D eigenvalue weighted by Crippen LogP contribution is -2.17. The zero-order valence-corrected chi connectivity index (χ0v) is 14.2. The standard InChI is InChI=1S/C19H29NO3/c1-2-3-4-5-6-7-8-9-14-22-16-12-10-15-11-13-17(21)23-19(15)18(16)20/h10,12H,2-9,11,13-14,20H2,1H3. The summed E-state index contributed by atoms with van der Waals surface area (Å²) in [6.07, 6.45) is 11.3. The Labute approximate surface area is 139 Å². The Morgan fingerprint density at radius 1 is 1.04 bits per heavy atom. The van der Waals surface area contributed by atoms with Gasteiger partial charge < -0.3 is 15.2 Å². The maximum absolute atomic E-state index is 11.4. The third kappa shape index (κ3) is 5.45. The van der Waals surface area contributed by atoms with Gasteiger partial charge in [-0.2, -0.15) is 0 Å². The minimum Gasteiger partial charge on any atom is -0.491 e. The highest BCUT2D eigenvalue weighted by Gasteiger charge is 2.21. The third-order valence-electron chi connectivity index (χ3n) is 4.31. The number of benzene rings is 1. The van der Waals surface area contributed by atoms with E-state index in [1.54, 1.807) is 0 Å². The van der Waals surface area contributed by atoms with E-state index in [0.717, 1.165) is 12.0 Å². The number of hydrogen-bond donors (Lipinski definition) is 1. The molecule has 1 aromatic carbocycles. The maximum Gasteiger partial charge on any atom is 0.311 e. The first-order valence-corrected chi connectivity index (χ1v) is 8.97. The first kappa shape index (κ1) is 17.6. The summed E-state index contributed by atoms with van der Waals surface area (Å²) in [7, 11) is 0. The minimum atomic E-state index is -0.218. The number of carbonyl (C=O) groups excluding carboxylic acids is 1. The van der Waals surface area contributed by atoms with Crippen molar-refractivity contribution in [2.24, 2.45) is 0 Å². The molecule has 0 saturated carbocycles. The Kier molecular flexibility index (Phi) is 7.24. The van der Waals surface area contributed by atoms with Crippen LogP contribution in [-0.2, 0) is 11.2 Å². The Morgan fingerprint density at radius 3 is 2.48 bits per heavy atom. The fraction of sp³-hybridized carbons (Fsp3) is 0.632.